The minimum atomic E-state index is -0.752. The van der Waals surface area contributed by atoms with Gasteiger partial charge in [-0.1, -0.05) is 66.7 Å². The molecule has 0 amide bonds. The highest BCUT2D eigenvalue weighted by Crippen LogP contribution is 2.22. The fourth-order valence-electron chi connectivity index (χ4n) is 2.72. The quantitative estimate of drug-likeness (QED) is 0.636. The summed E-state index contributed by atoms with van der Waals surface area (Å²) in [4.78, 5) is 24.7. The van der Waals surface area contributed by atoms with Gasteiger partial charge in [-0.05, 0) is 29.8 Å². The Hall–Kier alpha value is -3.44. The molecular formula is C23H21NO4. The molecule has 0 aliphatic rings. The molecule has 28 heavy (non-hydrogen) atoms. The summed E-state index contributed by atoms with van der Waals surface area (Å²) >= 11 is 0. The van der Waals surface area contributed by atoms with Crippen LogP contribution in [0.2, 0.25) is 0 Å². The zero-order chi connectivity index (χ0) is 19.8. The highest BCUT2D eigenvalue weighted by molar-refractivity contribution is 5.90. The number of benzene rings is 3. The zero-order valence-electron chi connectivity index (χ0n) is 15.2. The van der Waals surface area contributed by atoms with Gasteiger partial charge in [0.1, 0.15) is 12.7 Å². The lowest BCUT2D eigenvalue weighted by Crippen LogP contribution is -2.36. The van der Waals surface area contributed by atoms with Gasteiger partial charge in [0.25, 0.3) is 0 Å². The van der Waals surface area contributed by atoms with Crippen molar-refractivity contribution in [2.75, 3.05) is 6.61 Å². The summed E-state index contributed by atoms with van der Waals surface area (Å²) in [5.74, 6) is -0.962. The first-order valence-corrected chi connectivity index (χ1v) is 8.94. The predicted octanol–water partition coefficient (Wildman–Crippen LogP) is 3.77. The van der Waals surface area contributed by atoms with Gasteiger partial charge < -0.3 is 15.2 Å². The van der Waals surface area contributed by atoms with Gasteiger partial charge >= 0.3 is 11.9 Å². The summed E-state index contributed by atoms with van der Waals surface area (Å²) in [6, 6.07) is 25.8. The van der Waals surface area contributed by atoms with E-state index in [9.17, 15) is 9.59 Å². The van der Waals surface area contributed by atoms with E-state index in [1.807, 2.05) is 42.5 Å². The number of ether oxygens (including phenoxy) is 2. The molecule has 3 aromatic rings. The minimum absolute atomic E-state index is 0.0879. The van der Waals surface area contributed by atoms with Gasteiger partial charge in [0.05, 0.1) is 17.2 Å². The lowest BCUT2D eigenvalue weighted by Gasteiger charge is -2.24. The molecule has 142 valence electrons. The summed E-state index contributed by atoms with van der Waals surface area (Å²) in [6.07, 6.45) is -0.752. The van der Waals surface area contributed by atoms with Gasteiger partial charge in [0, 0.05) is 0 Å². The van der Waals surface area contributed by atoms with Crippen LogP contribution in [0.1, 0.15) is 32.4 Å². The second-order valence-electron chi connectivity index (χ2n) is 6.23. The second-order valence-corrected chi connectivity index (χ2v) is 6.23. The molecule has 0 heterocycles. The highest BCUT2D eigenvalue weighted by Gasteiger charge is 2.26. The van der Waals surface area contributed by atoms with Crippen molar-refractivity contribution < 1.29 is 19.1 Å². The molecule has 2 atom stereocenters. The number of nitrogens with two attached hydrogens (primary N) is 1. The summed E-state index contributed by atoms with van der Waals surface area (Å²) in [6.45, 7) is -0.0879. The van der Waals surface area contributed by atoms with E-state index in [1.54, 1.807) is 48.5 Å². The molecule has 5 heteroatoms. The van der Waals surface area contributed by atoms with Gasteiger partial charge in [0.15, 0.2) is 0 Å². The van der Waals surface area contributed by atoms with Crippen molar-refractivity contribution in [1.82, 2.24) is 0 Å². The summed E-state index contributed by atoms with van der Waals surface area (Å²) in [7, 11) is 0. The molecular weight excluding hydrogens is 354 g/mol. The molecule has 3 rings (SSSR count). The maximum atomic E-state index is 12.5. The third kappa shape index (κ3) is 5.05. The molecule has 5 nitrogen and oxygen atoms in total. The first-order chi connectivity index (χ1) is 13.6. The molecule has 0 saturated heterocycles. The van der Waals surface area contributed by atoms with Gasteiger partial charge in [-0.2, -0.15) is 0 Å². The van der Waals surface area contributed by atoms with Crippen LogP contribution in [0.4, 0.5) is 0 Å². The van der Waals surface area contributed by atoms with Gasteiger partial charge in [-0.25, -0.2) is 9.59 Å². The topological polar surface area (TPSA) is 78.6 Å². The fraction of sp³-hybridized carbons (Fsp3) is 0.130. The molecule has 0 bridgehead atoms. The Morgan fingerprint density at radius 1 is 0.714 bits per heavy atom. The number of rotatable bonds is 7. The van der Waals surface area contributed by atoms with E-state index >= 15 is 0 Å². The van der Waals surface area contributed by atoms with Crippen molar-refractivity contribution in [3.05, 3.63) is 108 Å². The molecule has 2 unspecified atom stereocenters. The van der Waals surface area contributed by atoms with E-state index in [-0.39, 0.29) is 6.61 Å². The van der Waals surface area contributed by atoms with Crippen LogP contribution < -0.4 is 5.73 Å². The standard InChI is InChI=1S/C23H21NO4/c24-20(16-27-22(25)18-12-6-2-7-13-18)21(17-10-4-1-5-11-17)28-23(26)19-14-8-3-9-15-19/h1-15,20-21H,16,24H2. The molecule has 0 fully saturated rings. The smallest absolute Gasteiger partial charge is 0.338 e. The Morgan fingerprint density at radius 3 is 1.71 bits per heavy atom. The van der Waals surface area contributed by atoms with Crippen LogP contribution in [-0.4, -0.2) is 24.6 Å². The van der Waals surface area contributed by atoms with Crippen LogP contribution in [0.15, 0.2) is 91.0 Å². The van der Waals surface area contributed by atoms with Crippen LogP contribution in [0.25, 0.3) is 0 Å². The van der Waals surface area contributed by atoms with E-state index in [2.05, 4.69) is 0 Å². The van der Waals surface area contributed by atoms with Gasteiger partial charge in [-0.15, -0.1) is 0 Å². The maximum absolute atomic E-state index is 12.5. The van der Waals surface area contributed by atoms with E-state index in [0.717, 1.165) is 5.56 Å². The first-order valence-electron chi connectivity index (χ1n) is 8.94. The number of hydrogen-bond donors (Lipinski definition) is 1. The lowest BCUT2D eigenvalue weighted by atomic mass is 10.0. The normalized spacial score (nSPS) is 12.6. The van der Waals surface area contributed by atoms with E-state index < -0.39 is 24.1 Å². The number of carbonyl (C=O) groups is 2. The molecule has 2 N–H and O–H groups in total. The maximum Gasteiger partial charge on any atom is 0.338 e. The average molecular weight is 375 g/mol. The first kappa shape index (κ1) is 19.3. The van der Waals surface area contributed by atoms with E-state index in [0.29, 0.717) is 11.1 Å². The molecule has 0 aliphatic heterocycles. The van der Waals surface area contributed by atoms with Crippen LogP contribution in [0, 0.1) is 0 Å². The Morgan fingerprint density at radius 2 is 1.18 bits per heavy atom. The third-order valence-corrected chi connectivity index (χ3v) is 4.18. The molecule has 0 aromatic heterocycles. The molecule has 3 aromatic carbocycles. The van der Waals surface area contributed by atoms with Crippen LogP contribution in [0.3, 0.4) is 0 Å². The average Bonchev–Trinajstić information content (AvgIpc) is 2.77. The van der Waals surface area contributed by atoms with Crippen molar-refractivity contribution in [1.29, 1.82) is 0 Å². The third-order valence-electron chi connectivity index (χ3n) is 4.18. The summed E-state index contributed by atoms with van der Waals surface area (Å²) < 4.78 is 11.0. The predicted molar refractivity (Wildman–Crippen MR) is 106 cm³/mol. The summed E-state index contributed by atoms with van der Waals surface area (Å²) in [5, 5.41) is 0. The molecule has 0 radical (unpaired) electrons. The van der Waals surface area contributed by atoms with Crippen molar-refractivity contribution in [3.8, 4) is 0 Å². The number of esters is 2. The molecule has 0 aliphatic carbocycles. The van der Waals surface area contributed by atoms with Gasteiger partial charge in [-0.3, -0.25) is 0 Å². The van der Waals surface area contributed by atoms with Crippen molar-refractivity contribution >= 4 is 11.9 Å². The van der Waals surface area contributed by atoms with Crippen LogP contribution in [-0.2, 0) is 9.47 Å². The largest absolute Gasteiger partial charge is 0.460 e. The Kier molecular flexibility index (Phi) is 6.54. The zero-order valence-corrected chi connectivity index (χ0v) is 15.2. The van der Waals surface area contributed by atoms with Crippen LogP contribution >= 0.6 is 0 Å². The van der Waals surface area contributed by atoms with Gasteiger partial charge in [0.2, 0.25) is 0 Å². The monoisotopic (exact) mass is 375 g/mol. The second kappa shape index (κ2) is 9.48. The SMILES string of the molecule is NC(COC(=O)c1ccccc1)C(OC(=O)c1ccccc1)c1ccccc1. The highest BCUT2D eigenvalue weighted by atomic mass is 16.6. The van der Waals surface area contributed by atoms with Crippen molar-refractivity contribution in [2.24, 2.45) is 5.73 Å². The Balaban J connectivity index is 1.71. The van der Waals surface area contributed by atoms with Crippen LogP contribution in [0.5, 0.6) is 0 Å². The minimum Gasteiger partial charge on any atom is -0.460 e. The molecule has 0 spiro atoms. The van der Waals surface area contributed by atoms with Crippen molar-refractivity contribution in [3.63, 3.8) is 0 Å². The Bertz CT molecular complexity index is 898. The lowest BCUT2D eigenvalue weighted by molar-refractivity contribution is 0.0107. The number of carbonyl (C=O) groups excluding carboxylic acids is 2. The fourth-order valence-corrected chi connectivity index (χ4v) is 2.72. The Labute approximate surface area is 163 Å². The van der Waals surface area contributed by atoms with E-state index in [4.69, 9.17) is 15.2 Å². The van der Waals surface area contributed by atoms with E-state index in [1.165, 1.54) is 0 Å². The molecule has 0 saturated carbocycles. The summed E-state index contributed by atoms with van der Waals surface area (Å²) in [5.41, 5.74) is 7.84. The van der Waals surface area contributed by atoms with Crippen molar-refractivity contribution in [2.45, 2.75) is 12.1 Å². The number of hydrogen-bond acceptors (Lipinski definition) is 5.